The molecule has 0 amide bonds. The Labute approximate surface area is 114 Å². The predicted molar refractivity (Wildman–Crippen MR) is 78.7 cm³/mol. The third kappa shape index (κ3) is 3.96. The standard InChI is InChI=1S/C16H33NO/c1-7-8-13-9-10-15(18)14(11-13)17(6)12(2)16(3,4)5/h12-15,18H,7-11H2,1-6H3. The Hall–Kier alpha value is -0.0800. The van der Waals surface area contributed by atoms with Crippen LogP contribution in [0.3, 0.4) is 0 Å². The van der Waals surface area contributed by atoms with E-state index in [0.717, 1.165) is 12.3 Å². The molecule has 0 radical (unpaired) electrons. The summed E-state index contributed by atoms with van der Waals surface area (Å²) in [6.07, 6.45) is 5.83. The van der Waals surface area contributed by atoms with Crippen LogP contribution in [0, 0.1) is 11.3 Å². The molecule has 1 N–H and O–H groups in total. The zero-order valence-corrected chi connectivity index (χ0v) is 13.2. The molecular weight excluding hydrogens is 222 g/mol. The second kappa shape index (κ2) is 6.38. The highest BCUT2D eigenvalue weighted by Gasteiger charge is 2.36. The van der Waals surface area contributed by atoms with Gasteiger partial charge in [0.2, 0.25) is 0 Å². The summed E-state index contributed by atoms with van der Waals surface area (Å²) in [5, 5.41) is 10.3. The lowest BCUT2D eigenvalue weighted by atomic mass is 9.78. The first-order valence-corrected chi connectivity index (χ1v) is 7.67. The van der Waals surface area contributed by atoms with Crippen LogP contribution in [0.5, 0.6) is 0 Å². The van der Waals surface area contributed by atoms with Crippen LogP contribution in [0.25, 0.3) is 0 Å². The van der Waals surface area contributed by atoms with Crippen molar-refractivity contribution in [3.8, 4) is 0 Å². The molecule has 18 heavy (non-hydrogen) atoms. The van der Waals surface area contributed by atoms with Crippen molar-refractivity contribution in [2.75, 3.05) is 7.05 Å². The summed E-state index contributed by atoms with van der Waals surface area (Å²) in [6.45, 7) is 11.4. The third-order valence-corrected chi connectivity index (χ3v) is 4.97. The summed E-state index contributed by atoms with van der Waals surface area (Å²) in [4.78, 5) is 2.42. The summed E-state index contributed by atoms with van der Waals surface area (Å²) in [5.74, 6) is 0.818. The molecule has 0 aromatic heterocycles. The minimum Gasteiger partial charge on any atom is -0.391 e. The number of hydrogen-bond donors (Lipinski definition) is 1. The van der Waals surface area contributed by atoms with E-state index >= 15 is 0 Å². The second-order valence-corrected chi connectivity index (χ2v) is 7.31. The van der Waals surface area contributed by atoms with Gasteiger partial charge in [-0.15, -0.1) is 0 Å². The van der Waals surface area contributed by atoms with Crippen LogP contribution in [0.15, 0.2) is 0 Å². The Morgan fingerprint density at radius 3 is 2.39 bits per heavy atom. The summed E-state index contributed by atoms with van der Waals surface area (Å²) < 4.78 is 0. The Balaban J connectivity index is 2.67. The van der Waals surface area contributed by atoms with Crippen LogP contribution in [0.2, 0.25) is 0 Å². The van der Waals surface area contributed by atoms with E-state index in [2.05, 4.69) is 46.6 Å². The minimum absolute atomic E-state index is 0.132. The van der Waals surface area contributed by atoms with E-state index < -0.39 is 0 Å². The molecule has 1 fully saturated rings. The first kappa shape index (κ1) is 16.0. The van der Waals surface area contributed by atoms with Crippen LogP contribution in [0.1, 0.15) is 66.7 Å². The molecule has 1 aliphatic rings. The van der Waals surface area contributed by atoms with Gasteiger partial charge in [0.1, 0.15) is 0 Å². The third-order valence-electron chi connectivity index (χ3n) is 4.97. The molecule has 4 atom stereocenters. The van der Waals surface area contributed by atoms with Crippen molar-refractivity contribution in [2.24, 2.45) is 11.3 Å². The van der Waals surface area contributed by atoms with Crippen molar-refractivity contribution in [2.45, 2.75) is 84.9 Å². The Morgan fingerprint density at radius 2 is 1.89 bits per heavy atom. The molecule has 2 heteroatoms. The first-order chi connectivity index (χ1) is 8.27. The van der Waals surface area contributed by atoms with Gasteiger partial charge in [-0.1, -0.05) is 40.5 Å². The van der Waals surface area contributed by atoms with Crippen molar-refractivity contribution in [3.63, 3.8) is 0 Å². The van der Waals surface area contributed by atoms with Gasteiger partial charge in [-0.05, 0) is 44.6 Å². The lowest BCUT2D eigenvalue weighted by Crippen LogP contribution is -2.52. The summed E-state index contributed by atoms with van der Waals surface area (Å²) in [5.41, 5.74) is 0.270. The normalized spacial score (nSPS) is 31.7. The number of rotatable bonds is 4. The smallest absolute Gasteiger partial charge is 0.0695 e. The van der Waals surface area contributed by atoms with Gasteiger partial charge in [0, 0.05) is 12.1 Å². The zero-order chi connectivity index (χ0) is 13.9. The highest BCUT2D eigenvalue weighted by Crippen LogP contribution is 2.34. The molecule has 2 nitrogen and oxygen atoms in total. The maximum atomic E-state index is 10.3. The van der Waals surface area contributed by atoms with Crippen molar-refractivity contribution >= 4 is 0 Å². The van der Waals surface area contributed by atoms with Gasteiger partial charge in [-0.25, -0.2) is 0 Å². The fraction of sp³-hybridized carbons (Fsp3) is 1.00. The summed E-state index contributed by atoms with van der Waals surface area (Å²) in [7, 11) is 2.19. The maximum absolute atomic E-state index is 10.3. The van der Waals surface area contributed by atoms with Crippen LogP contribution >= 0.6 is 0 Å². The van der Waals surface area contributed by atoms with Crippen molar-refractivity contribution < 1.29 is 5.11 Å². The molecule has 0 spiro atoms. The molecule has 0 aromatic carbocycles. The topological polar surface area (TPSA) is 23.5 Å². The highest BCUT2D eigenvalue weighted by atomic mass is 16.3. The number of aliphatic hydroxyl groups is 1. The van der Waals surface area contributed by atoms with Crippen LogP contribution in [-0.4, -0.2) is 35.2 Å². The Morgan fingerprint density at radius 1 is 1.28 bits per heavy atom. The molecule has 0 saturated heterocycles. The van der Waals surface area contributed by atoms with Gasteiger partial charge in [0.05, 0.1) is 6.10 Å². The average molecular weight is 255 g/mol. The van der Waals surface area contributed by atoms with E-state index in [1.54, 1.807) is 0 Å². The predicted octanol–water partition coefficient (Wildman–Crippen LogP) is 3.68. The van der Waals surface area contributed by atoms with E-state index in [0.29, 0.717) is 12.1 Å². The van der Waals surface area contributed by atoms with Crippen molar-refractivity contribution in [1.29, 1.82) is 0 Å². The number of nitrogens with zero attached hydrogens (tertiary/aromatic N) is 1. The maximum Gasteiger partial charge on any atom is 0.0695 e. The van der Waals surface area contributed by atoms with Gasteiger partial charge in [0.25, 0.3) is 0 Å². The molecule has 0 heterocycles. The summed E-state index contributed by atoms with van der Waals surface area (Å²) >= 11 is 0. The number of hydrogen-bond acceptors (Lipinski definition) is 2. The molecule has 1 aliphatic carbocycles. The fourth-order valence-corrected chi connectivity index (χ4v) is 3.22. The van der Waals surface area contributed by atoms with Crippen LogP contribution in [0.4, 0.5) is 0 Å². The molecule has 1 saturated carbocycles. The SMILES string of the molecule is CCCC1CCC(O)C(N(C)C(C)C(C)(C)C)C1. The number of likely N-dealkylation sites (N-methyl/N-ethyl adjacent to an activating group) is 1. The second-order valence-electron chi connectivity index (χ2n) is 7.31. The summed E-state index contributed by atoms with van der Waals surface area (Å²) in [6, 6.07) is 0.849. The Bertz CT molecular complexity index is 246. The van der Waals surface area contributed by atoms with Gasteiger partial charge in [-0.3, -0.25) is 4.90 Å². The molecule has 108 valence electrons. The van der Waals surface area contributed by atoms with Crippen LogP contribution < -0.4 is 0 Å². The fourth-order valence-electron chi connectivity index (χ4n) is 3.22. The lowest BCUT2D eigenvalue weighted by Gasteiger charge is -2.45. The molecule has 4 unspecified atom stereocenters. The van der Waals surface area contributed by atoms with Gasteiger partial charge < -0.3 is 5.11 Å². The monoisotopic (exact) mass is 255 g/mol. The molecule has 0 aliphatic heterocycles. The van der Waals surface area contributed by atoms with E-state index in [1.807, 2.05) is 0 Å². The quantitative estimate of drug-likeness (QED) is 0.828. The first-order valence-electron chi connectivity index (χ1n) is 7.67. The highest BCUT2D eigenvalue weighted by molar-refractivity contribution is 4.90. The molecule has 0 aromatic rings. The minimum atomic E-state index is -0.132. The Kier molecular flexibility index (Phi) is 5.67. The van der Waals surface area contributed by atoms with E-state index in [-0.39, 0.29) is 11.5 Å². The van der Waals surface area contributed by atoms with E-state index in [1.165, 1.54) is 25.7 Å². The lowest BCUT2D eigenvalue weighted by molar-refractivity contribution is -0.0219. The number of aliphatic hydroxyl groups excluding tert-OH is 1. The van der Waals surface area contributed by atoms with E-state index in [4.69, 9.17) is 0 Å². The van der Waals surface area contributed by atoms with Crippen molar-refractivity contribution in [3.05, 3.63) is 0 Å². The zero-order valence-electron chi connectivity index (χ0n) is 13.2. The van der Waals surface area contributed by atoms with Gasteiger partial charge in [0.15, 0.2) is 0 Å². The molecule has 0 bridgehead atoms. The average Bonchev–Trinajstić information content (AvgIpc) is 2.29. The van der Waals surface area contributed by atoms with Crippen LogP contribution in [-0.2, 0) is 0 Å². The van der Waals surface area contributed by atoms with Crippen molar-refractivity contribution in [1.82, 2.24) is 4.90 Å². The molecular formula is C16H33NO. The largest absolute Gasteiger partial charge is 0.391 e. The van der Waals surface area contributed by atoms with E-state index in [9.17, 15) is 5.11 Å². The van der Waals surface area contributed by atoms with Gasteiger partial charge >= 0.3 is 0 Å². The molecule has 1 rings (SSSR count). The van der Waals surface area contributed by atoms with Gasteiger partial charge in [-0.2, -0.15) is 0 Å².